The van der Waals surface area contributed by atoms with Crippen LogP contribution in [0.15, 0.2) is 18.2 Å². The fraction of sp³-hybridized carbons (Fsp3) is 0.533. The van der Waals surface area contributed by atoms with Gasteiger partial charge in [0.05, 0.1) is 29.6 Å². The Labute approximate surface area is 122 Å². The van der Waals surface area contributed by atoms with E-state index in [2.05, 4.69) is 4.98 Å². The van der Waals surface area contributed by atoms with Gasteiger partial charge in [0.15, 0.2) is 0 Å². The van der Waals surface area contributed by atoms with Crippen molar-refractivity contribution in [2.24, 2.45) is 0 Å². The normalized spacial score (nSPS) is 16.3. The quantitative estimate of drug-likeness (QED) is 0.783. The fourth-order valence-corrected chi connectivity index (χ4v) is 3.07. The standard InChI is InChI=1S/C15H18ClFN2O/c16-10-15-18-13-9-11(17)5-6-14(13)19(15)7-8-20-12-3-1-2-4-12/h5-6,9,12H,1-4,7-8,10H2. The molecular weight excluding hydrogens is 279 g/mol. The topological polar surface area (TPSA) is 27.1 Å². The minimum Gasteiger partial charge on any atom is -0.376 e. The number of nitrogens with zero attached hydrogens (tertiary/aromatic N) is 2. The lowest BCUT2D eigenvalue weighted by Crippen LogP contribution is -2.14. The van der Waals surface area contributed by atoms with E-state index in [0.29, 0.717) is 30.7 Å². The molecule has 0 N–H and O–H groups in total. The highest BCUT2D eigenvalue weighted by molar-refractivity contribution is 6.16. The van der Waals surface area contributed by atoms with Crippen LogP contribution in [0.2, 0.25) is 0 Å². The predicted octanol–water partition coefficient (Wildman–Crippen LogP) is 3.87. The average molecular weight is 297 g/mol. The van der Waals surface area contributed by atoms with Crippen LogP contribution in [-0.4, -0.2) is 22.3 Å². The molecule has 20 heavy (non-hydrogen) atoms. The molecule has 5 heteroatoms. The van der Waals surface area contributed by atoms with Crippen LogP contribution in [0.1, 0.15) is 31.5 Å². The Balaban J connectivity index is 1.75. The van der Waals surface area contributed by atoms with E-state index in [9.17, 15) is 4.39 Å². The van der Waals surface area contributed by atoms with Gasteiger partial charge in [-0.1, -0.05) is 12.8 Å². The predicted molar refractivity (Wildman–Crippen MR) is 77.5 cm³/mol. The van der Waals surface area contributed by atoms with Crippen LogP contribution in [0.5, 0.6) is 0 Å². The molecule has 0 spiro atoms. The molecule has 1 aromatic carbocycles. The molecule has 0 atom stereocenters. The van der Waals surface area contributed by atoms with Crippen molar-refractivity contribution < 1.29 is 9.13 Å². The number of alkyl halides is 1. The molecular formula is C15H18ClFN2O. The SMILES string of the molecule is Fc1ccc2c(c1)nc(CCl)n2CCOC1CCCC1. The van der Waals surface area contributed by atoms with Crippen molar-refractivity contribution >= 4 is 22.6 Å². The molecule has 1 aliphatic carbocycles. The fourth-order valence-electron chi connectivity index (χ4n) is 2.87. The van der Waals surface area contributed by atoms with Crippen LogP contribution in [-0.2, 0) is 17.2 Å². The zero-order valence-electron chi connectivity index (χ0n) is 11.3. The molecule has 1 aliphatic rings. The van der Waals surface area contributed by atoms with Gasteiger partial charge >= 0.3 is 0 Å². The first-order chi connectivity index (χ1) is 9.78. The Kier molecular flexibility index (Phi) is 4.22. The van der Waals surface area contributed by atoms with E-state index in [1.54, 1.807) is 6.07 Å². The smallest absolute Gasteiger partial charge is 0.125 e. The van der Waals surface area contributed by atoms with Crippen LogP contribution in [0.25, 0.3) is 11.0 Å². The number of fused-ring (bicyclic) bond motifs is 1. The zero-order chi connectivity index (χ0) is 13.9. The van der Waals surface area contributed by atoms with E-state index in [1.807, 2.05) is 4.57 Å². The Morgan fingerprint density at radius 1 is 1.35 bits per heavy atom. The molecule has 1 fully saturated rings. The first-order valence-corrected chi connectivity index (χ1v) is 7.63. The van der Waals surface area contributed by atoms with E-state index in [4.69, 9.17) is 16.3 Å². The van der Waals surface area contributed by atoms with Gasteiger partial charge in [-0.05, 0) is 25.0 Å². The summed E-state index contributed by atoms with van der Waals surface area (Å²) in [5.74, 6) is 0.812. The highest BCUT2D eigenvalue weighted by atomic mass is 35.5. The molecule has 1 saturated carbocycles. The highest BCUT2D eigenvalue weighted by Crippen LogP contribution is 2.22. The van der Waals surface area contributed by atoms with Crippen molar-refractivity contribution in [2.45, 2.75) is 44.2 Å². The molecule has 108 valence electrons. The molecule has 0 saturated heterocycles. The number of ether oxygens (including phenoxy) is 1. The van der Waals surface area contributed by atoms with Gasteiger partial charge in [-0.15, -0.1) is 11.6 Å². The summed E-state index contributed by atoms with van der Waals surface area (Å²) in [6, 6.07) is 4.65. The van der Waals surface area contributed by atoms with Crippen molar-refractivity contribution in [1.82, 2.24) is 9.55 Å². The lowest BCUT2D eigenvalue weighted by molar-refractivity contribution is 0.0532. The van der Waals surface area contributed by atoms with Gasteiger partial charge in [0, 0.05) is 12.6 Å². The van der Waals surface area contributed by atoms with Crippen LogP contribution < -0.4 is 0 Å². The van der Waals surface area contributed by atoms with E-state index in [0.717, 1.165) is 24.2 Å². The van der Waals surface area contributed by atoms with E-state index >= 15 is 0 Å². The molecule has 0 unspecified atom stereocenters. The number of halogens is 2. The third-order valence-corrected chi connectivity index (χ3v) is 4.12. The zero-order valence-corrected chi connectivity index (χ0v) is 12.1. The Bertz CT molecular complexity index is 593. The van der Waals surface area contributed by atoms with E-state index in [-0.39, 0.29) is 5.82 Å². The van der Waals surface area contributed by atoms with Gasteiger partial charge in [-0.2, -0.15) is 0 Å². The third-order valence-electron chi connectivity index (χ3n) is 3.88. The maximum Gasteiger partial charge on any atom is 0.125 e. The summed E-state index contributed by atoms with van der Waals surface area (Å²) in [6.07, 6.45) is 5.27. The van der Waals surface area contributed by atoms with Crippen molar-refractivity contribution in [3.8, 4) is 0 Å². The van der Waals surface area contributed by atoms with Gasteiger partial charge in [0.25, 0.3) is 0 Å². The maximum absolute atomic E-state index is 13.2. The van der Waals surface area contributed by atoms with Crippen LogP contribution >= 0.6 is 11.6 Å². The largest absolute Gasteiger partial charge is 0.376 e. The summed E-state index contributed by atoms with van der Waals surface area (Å²) < 4.78 is 21.1. The molecule has 1 aromatic heterocycles. The molecule has 0 amide bonds. The molecule has 2 aromatic rings. The Hall–Kier alpha value is -1.13. The van der Waals surface area contributed by atoms with Gasteiger partial charge in [-0.3, -0.25) is 0 Å². The van der Waals surface area contributed by atoms with Crippen LogP contribution in [0.4, 0.5) is 4.39 Å². The van der Waals surface area contributed by atoms with Crippen molar-refractivity contribution in [1.29, 1.82) is 0 Å². The Morgan fingerprint density at radius 2 is 2.15 bits per heavy atom. The first kappa shape index (κ1) is 13.8. The lowest BCUT2D eigenvalue weighted by atomic mass is 10.3. The number of hydrogen-bond donors (Lipinski definition) is 0. The van der Waals surface area contributed by atoms with Crippen molar-refractivity contribution in [3.63, 3.8) is 0 Å². The lowest BCUT2D eigenvalue weighted by Gasteiger charge is -2.13. The molecule has 1 heterocycles. The minimum atomic E-state index is -0.273. The number of benzene rings is 1. The van der Waals surface area contributed by atoms with Gasteiger partial charge in [0.2, 0.25) is 0 Å². The summed E-state index contributed by atoms with van der Waals surface area (Å²) in [5.41, 5.74) is 1.57. The van der Waals surface area contributed by atoms with Gasteiger partial charge in [0.1, 0.15) is 11.6 Å². The second-order valence-electron chi connectivity index (χ2n) is 5.22. The summed E-state index contributed by atoms with van der Waals surface area (Å²) in [5, 5.41) is 0. The van der Waals surface area contributed by atoms with E-state index in [1.165, 1.54) is 25.0 Å². The monoisotopic (exact) mass is 296 g/mol. The van der Waals surface area contributed by atoms with Crippen LogP contribution in [0, 0.1) is 5.82 Å². The van der Waals surface area contributed by atoms with Crippen molar-refractivity contribution in [3.05, 3.63) is 29.8 Å². The summed E-state index contributed by atoms with van der Waals surface area (Å²) in [6.45, 7) is 1.36. The summed E-state index contributed by atoms with van der Waals surface area (Å²) in [4.78, 5) is 4.38. The van der Waals surface area contributed by atoms with E-state index < -0.39 is 0 Å². The second-order valence-corrected chi connectivity index (χ2v) is 5.49. The second kappa shape index (κ2) is 6.10. The third kappa shape index (κ3) is 2.81. The van der Waals surface area contributed by atoms with Gasteiger partial charge < -0.3 is 9.30 Å². The van der Waals surface area contributed by atoms with Crippen molar-refractivity contribution in [2.75, 3.05) is 6.61 Å². The average Bonchev–Trinajstić information content (AvgIpc) is 3.06. The summed E-state index contributed by atoms with van der Waals surface area (Å²) in [7, 11) is 0. The number of rotatable bonds is 5. The van der Waals surface area contributed by atoms with Gasteiger partial charge in [-0.25, -0.2) is 9.37 Å². The molecule has 3 nitrogen and oxygen atoms in total. The molecule has 0 bridgehead atoms. The molecule has 0 aliphatic heterocycles. The van der Waals surface area contributed by atoms with Crippen LogP contribution in [0.3, 0.4) is 0 Å². The first-order valence-electron chi connectivity index (χ1n) is 7.10. The minimum absolute atomic E-state index is 0.273. The number of aromatic nitrogens is 2. The highest BCUT2D eigenvalue weighted by Gasteiger charge is 2.16. The molecule has 3 rings (SSSR count). The molecule has 0 radical (unpaired) electrons. The Morgan fingerprint density at radius 3 is 2.90 bits per heavy atom. The summed E-state index contributed by atoms with van der Waals surface area (Å²) >= 11 is 5.93. The number of imidazole rings is 1. The number of hydrogen-bond acceptors (Lipinski definition) is 2. The maximum atomic E-state index is 13.2.